The number of hydrogen-bond donors (Lipinski definition) is 2. The van der Waals surface area contributed by atoms with Gasteiger partial charge < -0.3 is 25.3 Å². The summed E-state index contributed by atoms with van der Waals surface area (Å²) < 4.78 is 16.7. The Morgan fingerprint density at radius 3 is 2.70 bits per heavy atom. The minimum absolute atomic E-state index is 0. The maximum atomic E-state index is 6.01. The van der Waals surface area contributed by atoms with Gasteiger partial charge in [0.15, 0.2) is 17.5 Å². The average molecular weight is 483 g/mol. The van der Waals surface area contributed by atoms with Crippen molar-refractivity contribution >= 4 is 35.6 Å². The number of fused-ring (bicyclic) bond motifs is 1. The number of aryl methyl sites for hydroxylation is 1. The molecule has 6 nitrogen and oxygen atoms in total. The van der Waals surface area contributed by atoms with Gasteiger partial charge in [-0.05, 0) is 37.1 Å². The third-order valence-electron chi connectivity index (χ3n) is 4.12. The van der Waals surface area contributed by atoms with Crippen molar-refractivity contribution in [1.29, 1.82) is 0 Å². The lowest BCUT2D eigenvalue weighted by atomic mass is 10.1. The molecule has 0 amide bonds. The van der Waals surface area contributed by atoms with Crippen LogP contribution in [0.15, 0.2) is 41.4 Å². The zero-order valence-electron chi connectivity index (χ0n) is 15.7. The van der Waals surface area contributed by atoms with Crippen molar-refractivity contribution in [2.45, 2.75) is 19.8 Å². The highest BCUT2D eigenvalue weighted by Crippen LogP contribution is 2.32. The van der Waals surface area contributed by atoms with Crippen molar-refractivity contribution in [2.75, 3.05) is 32.2 Å². The molecule has 1 aliphatic rings. The van der Waals surface area contributed by atoms with E-state index in [1.54, 1.807) is 7.11 Å². The molecule has 1 aliphatic heterocycles. The molecule has 2 aromatic carbocycles. The van der Waals surface area contributed by atoms with Crippen LogP contribution in [0.4, 0.5) is 5.69 Å². The molecule has 27 heavy (non-hydrogen) atoms. The van der Waals surface area contributed by atoms with E-state index in [-0.39, 0.29) is 24.0 Å². The van der Waals surface area contributed by atoms with E-state index in [0.717, 1.165) is 41.3 Å². The van der Waals surface area contributed by atoms with Crippen LogP contribution in [0.5, 0.6) is 17.2 Å². The summed E-state index contributed by atoms with van der Waals surface area (Å²) in [4.78, 5) is 4.41. The lowest BCUT2D eigenvalue weighted by Gasteiger charge is -2.11. The third kappa shape index (κ3) is 5.92. The summed E-state index contributed by atoms with van der Waals surface area (Å²) in [5.41, 5.74) is 9.16. The first-order valence-corrected chi connectivity index (χ1v) is 8.76. The van der Waals surface area contributed by atoms with Crippen molar-refractivity contribution in [2.24, 2.45) is 10.7 Å². The monoisotopic (exact) mass is 483 g/mol. The van der Waals surface area contributed by atoms with E-state index < -0.39 is 0 Å². The Morgan fingerprint density at radius 2 is 1.93 bits per heavy atom. The number of halogens is 1. The van der Waals surface area contributed by atoms with Crippen LogP contribution in [0.3, 0.4) is 0 Å². The van der Waals surface area contributed by atoms with Gasteiger partial charge in [0, 0.05) is 24.7 Å². The lowest BCUT2D eigenvalue weighted by molar-refractivity contribution is 0.297. The fraction of sp³-hybridized carbons (Fsp3) is 0.350. The van der Waals surface area contributed by atoms with Gasteiger partial charge in [-0.1, -0.05) is 17.7 Å². The summed E-state index contributed by atoms with van der Waals surface area (Å²) in [7, 11) is 1.68. The normalized spacial score (nSPS) is 13.3. The molecule has 0 fully saturated rings. The van der Waals surface area contributed by atoms with Crippen molar-refractivity contribution in [3.05, 3.63) is 47.5 Å². The highest BCUT2D eigenvalue weighted by atomic mass is 127. The number of anilines is 1. The van der Waals surface area contributed by atoms with Crippen LogP contribution >= 0.6 is 24.0 Å². The van der Waals surface area contributed by atoms with Gasteiger partial charge in [0.05, 0.1) is 20.3 Å². The van der Waals surface area contributed by atoms with Crippen LogP contribution in [0.1, 0.15) is 17.5 Å². The van der Waals surface area contributed by atoms with Gasteiger partial charge in [0.25, 0.3) is 0 Å². The molecule has 3 N–H and O–H groups in total. The number of rotatable bonds is 5. The second-order valence-corrected chi connectivity index (χ2v) is 6.17. The quantitative estimate of drug-likeness (QED) is 0.385. The van der Waals surface area contributed by atoms with E-state index in [4.69, 9.17) is 19.9 Å². The Labute approximate surface area is 177 Å². The van der Waals surface area contributed by atoms with Crippen molar-refractivity contribution in [1.82, 2.24) is 0 Å². The van der Waals surface area contributed by atoms with Gasteiger partial charge in [-0.3, -0.25) is 4.99 Å². The number of methoxy groups -OCH3 is 1. The van der Waals surface area contributed by atoms with Gasteiger partial charge in [0.2, 0.25) is 0 Å². The summed E-state index contributed by atoms with van der Waals surface area (Å²) in [6, 6.07) is 11.8. The Bertz CT molecular complexity index is 796. The molecule has 0 unspecified atom stereocenters. The van der Waals surface area contributed by atoms with E-state index >= 15 is 0 Å². The van der Waals surface area contributed by atoms with E-state index in [0.29, 0.717) is 25.7 Å². The molecule has 1 heterocycles. The topological polar surface area (TPSA) is 78.1 Å². The van der Waals surface area contributed by atoms with Crippen LogP contribution in [0.2, 0.25) is 0 Å². The van der Waals surface area contributed by atoms with Crippen LogP contribution in [0, 0.1) is 6.92 Å². The molecule has 0 bridgehead atoms. The number of guanidine groups is 1. The van der Waals surface area contributed by atoms with Crippen molar-refractivity contribution in [3.63, 3.8) is 0 Å². The first-order valence-electron chi connectivity index (χ1n) is 8.76. The molecule has 0 radical (unpaired) electrons. The zero-order chi connectivity index (χ0) is 18.4. The standard InChI is InChI=1S/C20H25N3O3.HI/c1-14-4-6-17(24-2)15(12-14)8-9-22-20(21)23-16-5-7-18-19(13-16)26-11-3-10-25-18;/h4-7,12-13H,3,8-11H2,1-2H3,(H3,21,22,23);1H. The Morgan fingerprint density at radius 1 is 1.15 bits per heavy atom. The van der Waals surface area contributed by atoms with Crippen molar-refractivity contribution in [3.8, 4) is 17.2 Å². The molecule has 0 spiro atoms. The highest BCUT2D eigenvalue weighted by Gasteiger charge is 2.11. The molecule has 0 saturated carbocycles. The molecular formula is C20H26IN3O3. The van der Waals surface area contributed by atoms with Crippen molar-refractivity contribution < 1.29 is 14.2 Å². The summed E-state index contributed by atoms with van der Waals surface area (Å²) in [5.74, 6) is 2.73. The number of ether oxygens (including phenoxy) is 3. The van der Waals surface area contributed by atoms with E-state index in [9.17, 15) is 0 Å². The Kier molecular flexibility index (Phi) is 8.02. The number of benzene rings is 2. The highest BCUT2D eigenvalue weighted by molar-refractivity contribution is 14.0. The smallest absolute Gasteiger partial charge is 0.193 e. The largest absolute Gasteiger partial charge is 0.496 e. The molecular weight excluding hydrogens is 457 g/mol. The van der Waals surface area contributed by atoms with E-state index in [2.05, 4.69) is 23.3 Å². The van der Waals surface area contributed by atoms with Gasteiger partial charge in [-0.15, -0.1) is 24.0 Å². The van der Waals surface area contributed by atoms with Gasteiger partial charge >= 0.3 is 0 Å². The number of nitrogens with one attached hydrogen (secondary N) is 1. The van der Waals surface area contributed by atoms with Gasteiger partial charge in [0.1, 0.15) is 5.75 Å². The zero-order valence-corrected chi connectivity index (χ0v) is 18.0. The number of aliphatic imine (C=N–C) groups is 1. The second-order valence-electron chi connectivity index (χ2n) is 6.17. The molecule has 0 aliphatic carbocycles. The molecule has 0 saturated heterocycles. The fourth-order valence-electron chi connectivity index (χ4n) is 2.83. The molecule has 3 rings (SSSR count). The maximum absolute atomic E-state index is 6.01. The number of nitrogens with two attached hydrogens (primary N) is 1. The lowest BCUT2D eigenvalue weighted by Crippen LogP contribution is -2.23. The summed E-state index contributed by atoms with van der Waals surface area (Å²) in [6.45, 7) is 3.96. The van der Waals surface area contributed by atoms with E-state index in [1.165, 1.54) is 5.56 Å². The summed E-state index contributed by atoms with van der Waals surface area (Å²) >= 11 is 0. The van der Waals surface area contributed by atoms with Crippen LogP contribution in [-0.4, -0.2) is 32.8 Å². The number of nitrogens with zero attached hydrogens (tertiary/aromatic N) is 1. The molecule has 0 aromatic heterocycles. The number of hydrogen-bond acceptors (Lipinski definition) is 4. The summed E-state index contributed by atoms with van der Waals surface area (Å²) in [5, 5.41) is 3.10. The minimum atomic E-state index is 0. The predicted octanol–water partition coefficient (Wildman–Crippen LogP) is 3.75. The third-order valence-corrected chi connectivity index (χ3v) is 4.12. The summed E-state index contributed by atoms with van der Waals surface area (Å²) in [6.07, 6.45) is 1.64. The SMILES string of the molecule is COc1ccc(C)cc1CCN=C(N)Nc1ccc2c(c1)OCCCO2.I. The van der Waals surface area contributed by atoms with E-state index in [1.807, 2.05) is 30.3 Å². The Hall–Kier alpha value is -2.16. The van der Waals surface area contributed by atoms with Crippen LogP contribution in [-0.2, 0) is 6.42 Å². The van der Waals surface area contributed by atoms with Gasteiger partial charge in [-0.2, -0.15) is 0 Å². The average Bonchev–Trinajstić information content (AvgIpc) is 2.87. The molecule has 146 valence electrons. The first-order chi connectivity index (χ1) is 12.7. The predicted molar refractivity (Wildman–Crippen MR) is 119 cm³/mol. The van der Waals surface area contributed by atoms with Gasteiger partial charge in [-0.25, -0.2) is 0 Å². The Balaban J connectivity index is 0.00000261. The minimum Gasteiger partial charge on any atom is -0.496 e. The maximum Gasteiger partial charge on any atom is 0.193 e. The first kappa shape index (κ1) is 21.1. The van der Waals surface area contributed by atoms with Crippen LogP contribution in [0.25, 0.3) is 0 Å². The molecule has 7 heteroatoms. The second kappa shape index (κ2) is 10.2. The fourth-order valence-corrected chi connectivity index (χ4v) is 2.83. The molecule has 2 aromatic rings. The molecule has 0 atom stereocenters. The van der Waals surface area contributed by atoms with Crippen LogP contribution < -0.4 is 25.3 Å².